The summed E-state index contributed by atoms with van der Waals surface area (Å²) in [5.41, 5.74) is 3.74. The van der Waals surface area contributed by atoms with Crippen molar-refractivity contribution in [3.63, 3.8) is 0 Å². The largest absolute Gasteiger partial charge is 0.461 e. The summed E-state index contributed by atoms with van der Waals surface area (Å²) in [6.07, 6.45) is 4.33. The Kier molecular flexibility index (Phi) is 7.19. The molecule has 6 nitrogen and oxygen atoms in total. The van der Waals surface area contributed by atoms with Crippen LogP contribution in [0.15, 0.2) is 53.6 Å². The Balaban J connectivity index is 1.99. The van der Waals surface area contributed by atoms with Gasteiger partial charge in [0.15, 0.2) is 15.5 Å². The summed E-state index contributed by atoms with van der Waals surface area (Å²) in [5.74, 6) is 0.733. The number of hydrogen-bond donors (Lipinski definition) is 0. The highest BCUT2D eigenvalue weighted by Crippen LogP contribution is 2.27. The number of carbonyl (C=O) groups excluding carboxylic acids is 1. The third-order valence-corrected chi connectivity index (χ3v) is 6.36. The fourth-order valence-electron chi connectivity index (χ4n) is 3.64. The van der Waals surface area contributed by atoms with E-state index in [4.69, 9.17) is 4.74 Å². The van der Waals surface area contributed by atoms with Gasteiger partial charge in [0.1, 0.15) is 5.82 Å². The van der Waals surface area contributed by atoms with E-state index >= 15 is 0 Å². The van der Waals surface area contributed by atoms with Crippen LogP contribution >= 0.6 is 0 Å². The Bertz CT molecular complexity index is 1210. The SMILES string of the molecule is CCOC(=O)c1cn(-c2ccc(-c3ccc(CC)c(S(C)(=O)=O)c3)cc2)c(CC(C)C)n1. The van der Waals surface area contributed by atoms with Crippen molar-refractivity contribution in [2.24, 2.45) is 5.92 Å². The highest BCUT2D eigenvalue weighted by Gasteiger charge is 2.18. The molecule has 0 amide bonds. The fraction of sp³-hybridized carbons (Fsp3) is 0.360. The number of benzene rings is 2. The van der Waals surface area contributed by atoms with Gasteiger partial charge in [0.05, 0.1) is 11.5 Å². The molecule has 3 rings (SSSR count). The van der Waals surface area contributed by atoms with Gasteiger partial charge in [-0.1, -0.05) is 45.0 Å². The van der Waals surface area contributed by atoms with E-state index in [1.165, 1.54) is 6.26 Å². The number of imidazole rings is 1. The summed E-state index contributed by atoms with van der Waals surface area (Å²) in [5, 5.41) is 0. The molecule has 2 aromatic carbocycles. The average Bonchev–Trinajstić information content (AvgIpc) is 3.16. The minimum atomic E-state index is -3.31. The van der Waals surface area contributed by atoms with Crippen molar-refractivity contribution in [3.8, 4) is 16.8 Å². The molecule has 32 heavy (non-hydrogen) atoms. The normalized spacial score (nSPS) is 11.7. The Morgan fingerprint density at radius 1 is 1.06 bits per heavy atom. The molecule has 0 aliphatic rings. The van der Waals surface area contributed by atoms with Gasteiger partial charge in [-0.25, -0.2) is 18.2 Å². The summed E-state index contributed by atoms with van der Waals surface area (Å²) < 4.78 is 31.5. The third-order valence-electron chi connectivity index (χ3n) is 5.18. The Morgan fingerprint density at radius 3 is 2.28 bits per heavy atom. The van der Waals surface area contributed by atoms with Gasteiger partial charge in [-0.05, 0) is 54.2 Å². The Hall–Kier alpha value is -2.93. The lowest BCUT2D eigenvalue weighted by Gasteiger charge is -2.12. The van der Waals surface area contributed by atoms with Crippen molar-refractivity contribution in [3.05, 3.63) is 65.7 Å². The molecule has 0 radical (unpaired) electrons. The molecular weight excluding hydrogens is 424 g/mol. The molecule has 0 aliphatic carbocycles. The monoisotopic (exact) mass is 454 g/mol. The molecule has 3 aromatic rings. The number of aryl methyl sites for hydroxylation is 1. The molecule has 0 atom stereocenters. The molecule has 1 heterocycles. The highest BCUT2D eigenvalue weighted by molar-refractivity contribution is 7.90. The van der Waals surface area contributed by atoms with E-state index in [0.29, 0.717) is 29.5 Å². The predicted molar refractivity (Wildman–Crippen MR) is 126 cm³/mol. The number of nitrogens with zero attached hydrogens (tertiary/aromatic N) is 2. The van der Waals surface area contributed by atoms with E-state index < -0.39 is 15.8 Å². The van der Waals surface area contributed by atoms with E-state index in [9.17, 15) is 13.2 Å². The summed E-state index contributed by atoms with van der Waals surface area (Å²) in [6.45, 7) is 8.22. The molecule has 1 aromatic heterocycles. The number of esters is 1. The van der Waals surface area contributed by atoms with Crippen LogP contribution in [-0.2, 0) is 27.4 Å². The first-order valence-electron chi connectivity index (χ1n) is 10.8. The third kappa shape index (κ3) is 5.27. The molecule has 0 saturated heterocycles. The van der Waals surface area contributed by atoms with Crippen molar-refractivity contribution in [2.45, 2.75) is 45.4 Å². The van der Waals surface area contributed by atoms with Crippen LogP contribution < -0.4 is 0 Å². The standard InChI is InChI=1S/C25H30N2O4S/c1-6-18-8-9-20(15-23(18)32(5,29)30)19-10-12-21(13-11-19)27-16-22(25(28)31-7-2)26-24(27)14-17(3)4/h8-13,15-17H,6-7,14H2,1-5H3. The van der Waals surface area contributed by atoms with Crippen molar-refractivity contribution in [2.75, 3.05) is 12.9 Å². The molecule has 0 unspecified atom stereocenters. The number of ether oxygens (including phenoxy) is 1. The first-order chi connectivity index (χ1) is 15.1. The first kappa shape index (κ1) is 23.7. The molecular formula is C25H30N2O4S. The maximum Gasteiger partial charge on any atom is 0.358 e. The number of carbonyl (C=O) groups is 1. The molecule has 0 spiro atoms. The highest BCUT2D eigenvalue weighted by atomic mass is 32.2. The summed E-state index contributed by atoms with van der Waals surface area (Å²) in [6, 6.07) is 13.4. The first-order valence-corrected chi connectivity index (χ1v) is 12.7. The second kappa shape index (κ2) is 9.69. The van der Waals surface area contributed by atoms with E-state index in [1.807, 2.05) is 47.9 Å². The second-order valence-corrected chi connectivity index (χ2v) is 10.2. The van der Waals surface area contributed by atoms with Crippen LogP contribution in [0, 0.1) is 5.92 Å². The van der Waals surface area contributed by atoms with Gasteiger partial charge in [0, 0.05) is 24.6 Å². The summed E-state index contributed by atoms with van der Waals surface area (Å²) in [7, 11) is -3.31. The molecule has 7 heteroatoms. The summed E-state index contributed by atoms with van der Waals surface area (Å²) >= 11 is 0. The number of rotatable bonds is 8. The van der Waals surface area contributed by atoms with E-state index in [-0.39, 0.29) is 0 Å². The molecule has 0 aliphatic heterocycles. The van der Waals surface area contributed by atoms with E-state index in [1.54, 1.807) is 19.2 Å². The maximum atomic E-state index is 12.2. The average molecular weight is 455 g/mol. The zero-order chi connectivity index (χ0) is 23.5. The fourth-order valence-corrected chi connectivity index (χ4v) is 4.67. The van der Waals surface area contributed by atoms with Gasteiger partial charge in [0.25, 0.3) is 0 Å². The van der Waals surface area contributed by atoms with Crippen molar-refractivity contribution in [1.82, 2.24) is 9.55 Å². The molecule has 0 fully saturated rings. The lowest BCUT2D eigenvalue weighted by Crippen LogP contribution is -2.05. The zero-order valence-corrected chi connectivity index (χ0v) is 20.1. The smallest absolute Gasteiger partial charge is 0.358 e. The van der Waals surface area contributed by atoms with Gasteiger partial charge in [-0.2, -0.15) is 0 Å². The second-order valence-electron chi connectivity index (χ2n) is 8.23. The lowest BCUT2D eigenvalue weighted by atomic mass is 10.0. The van der Waals surface area contributed by atoms with Gasteiger partial charge in [-0.15, -0.1) is 0 Å². The van der Waals surface area contributed by atoms with Crippen molar-refractivity contribution in [1.29, 1.82) is 0 Å². The maximum absolute atomic E-state index is 12.2. The predicted octanol–water partition coefficient (Wildman–Crippen LogP) is 4.88. The van der Waals surface area contributed by atoms with E-state index in [2.05, 4.69) is 18.8 Å². The summed E-state index contributed by atoms with van der Waals surface area (Å²) in [4.78, 5) is 17.1. The number of aromatic nitrogens is 2. The van der Waals surface area contributed by atoms with Crippen molar-refractivity contribution < 1.29 is 17.9 Å². The Morgan fingerprint density at radius 2 is 1.72 bits per heavy atom. The number of hydrogen-bond acceptors (Lipinski definition) is 5. The minimum absolute atomic E-state index is 0.291. The van der Waals surface area contributed by atoms with Crippen LogP contribution in [0.2, 0.25) is 0 Å². The van der Waals surface area contributed by atoms with Crippen molar-refractivity contribution >= 4 is 15.8 Å². The number of sulfone groups is 1. The van der Waals surface area contributed by atoms with Crippen LogP contribution in [0.4, 0.5) is 0 Å². The molecule has 170 valence electrons. The van der Waals surface area contributed by atoms with E-state index in [0.717, 1.165) is 34.6 Å². The molecule has 0 bridgehead atoms. The Labute approximate surface area is 190 Å². The van der Waals surface area contributed by atoms with Crippen LogP contribution in [0.1, 0.15) is 49.6 Å². The van der Waals surface area contributed by atoms with Gasteiger partial charge in [-0.3, -0.25) is 0 Å². The van der Waals surface area contributed by atoms with Gasteiger partial charge < -0.3 is 9.30 Å². The lowest BCUT2D eigenvalue weighted by molar-refractivity contribution is 0.0520. The topological polar surface area (TPSA) is 78.3 Å². The zero-order valence-electron chi connectivity index (χ0n) is 19.3. The quantitative estimate of drug-likeness (QED) is 0.453. The molecule has 0 saturated carbocycles. The molecule has 0 N–H and O–H groups in total. The minimum Gasteiger partial charge on any atom is -0.461 e. The van der Waals surface area contributed by atoms with Crippen LogP contribution in [0.5, 0.6) is 0 Å². The van der Waals surface area contributed by atoms with Crippen LogP contribution in [-0.4, -0.2) is 36.8 Å². The van der Waals surface area contributed by atoms with Gasteiger partial charge >= 0.3 is 5.97 Å². The van der Waals surface area contributed by atoms with Gasteiger partial charge in [0.2, 0.25) is 0 Å². The van der Waals surface area contributed by atoms with Crippen LogP contribution in [0.25, 0.3) is 16.8 Å². The van der Waals surface area contributed by atoms with Crippen LogP contribution in [0.3, 0.4) is 0 Å².